The summed E-state index contributed by atoms with van der Waals surface area (Å²) in [7, 11) is 0. The van der Waals surface area contributed by atoms with Crippen LogP contribution >= 0.6 is 0 Å². The predicted octanol–water partition coefficient (Wildman–Crippen LogP) is 1.03. The topological polar surface area (TPSA) is 92.4 Å². The number of nitrogens with one attached hydrogen (secondary N) is 1. The van der Waals surface area contributed by atoms with Crippen molar-refractivity contribution in [3.63, 3.8) is 0 Å². The number of carboxylic acid groups (broad SMARTS) is 1. The van der Waals surface area contributed by atoms with Crippen LogP contribution in [-0.4, -0.2) is 35.2 Å². The summed E-state index contributed by atoms with van der Waals surface area (Å²) < 4.78 is 37.3. The first-order valence-corrected chi connectivity index (χ1v) is 6.04. The SMILES string of the molecule is NC(CC(=O)O)C(=O)NC1CCC(C(F)(F)F)CC1. The first-order chi connectivity index (χ1) is 8.70. The summed E-state index contributed by atoms with van der Waals surface area (Å²) in [6.07, 6.45) is -4.27. The molecule has 1 amide bonds. The van der Waals surface area contributed by atoms with Gasteiger partial charge in [0.05, 0.1) is 18.4 Å². The third-order valence-corrected chi connectivity index (χ3v) is 3.27. The van der Waals surface area contributed by atoms with Gasteiger partial charge in [-0.3, -0.25) is 9.59 Å². The van der Waals surface area contributed by atoms with Gasteiger partial charge in [0, 0.05) is 6.04 Å². The molecule has 4 N–H and O–H groups in total. The molecule has 1 saturated carbocycles. The van der Waals surface area contributed by atoms with E-state index in [4.69, 9.17) is 10.8 Å². The van der Waals surface area contributed by atoms with E-state index in [1.54, 1.807) is 0 Å². The van der Waals surface area contributed by atoms with Crippen LogP contribution in [0.2, 0.25) is 0 Å². The summed E-state index contributed by atoms with van der Waals surface area (Å²) in [4.78, 5) is 21.9. The maximum atomic E-state index is 12.4. The molecule has 0 spiro atoms. The molecule has 5 nitrogen and oxygen atoms in total. The number of carbonyl (C=O) groups excluding carboxylic acids is 1. The zero-order valence-corrected chi connectivity index (χ0v) is 10.2. The second-order valence-electron chi connectivity index (χ2n) is 4.80. The van der Waals surface area contributed by atoms with Crippen LogP contribution in [0.4, 0.5) is 13.2 Å². The van der Waals surface area contributed by atoms with E-state index in [1.807, 2.05) is 0 Å². The summed E-state index contributed by atoms with van der Waals surface area (Å²) in [5.74, 6) is -3.13. The number of alkyl halides is 3. The summed E-state index contributed by atoms with van der Waals surface area (Å²) in [5, 5.41) is 11.0. The van der Waals surface area contributed by atoms with Gasteiger partial charge in [0.25, 0.3) is 0 Å². The molecule has 1 aliphatic carbocycles. The lowest BCUT2D eigenvalue weighted by Crippen LogP contribution is -2.47. The minimum atomic E-state index is -4.19. The second-order valence-corrected chi connectivity index (χ2v) is 4.80. The molecule has 0 aromatic rings. The Hall–Kier alpha value is -1.31. The predicted molar refractivity (Wildman–Crippen MR) is 60.2 cm³/mol. The Balaban J connectivity index is 2.37. The molecule has 110 valence electrons. The van der Waals surface area contributed by atoms with Crippen LogP contribution in [0, 0.1) is 5.92 Å². The number of rotatable bonds is 4. The molecular formula is C11H17F3N2O3. The van der Waals surface area contributed by atoms with Crippen LogP contribution in [0.5, 0.6) is 0 Å². The molecule has 19 heavy (non-hydrogen) atoms. The van der Waals surface area contributed by atoms with Crippen LogP contribution in [-0.2, 0) is 9.59 Å². The van der Waals surface area contributed by atoms with Crippen molar-refractivity contribution in [1.82, 2.24) is 5.32 Å². The number of nitrogens with two attached hydrogens (primary N) is 1. The fourth-order valence-electron chi connectivity index (χ4n) is 2.15. The molecule has 1 unspecified atom stereocenters. The fourth-order valence-corrected chi connectivity index (χ4v) is 2.15. The molecule has 0 aliphatic heterocycles. The normalized spacial score (nSPS) is 25.7. The van der Waals surface area contributed by atoms with Crippen LogP contribution in [0.3, 0.4) is 0 Å². The van der Waals surface area contributed by atoms with E-state index in [1.165, 1.54) is 0 Å². The number of halogens is 3. The van der Waals surface area contributed by atoms with Gasteiger partial charge in [0.2, 0.25) is 5.91 Å². The highest BCUT2D eigenvalue weighted by molar-refractivity contribution is 5.86. The number of hydrogen-bond acceptors (Lipinski definition) is 3. The largest absolute Gasteiger partial charge is 0.481 e. The van der Waals surface area contributed by atoms with Crippen LogP contribution < -0.4 is 11.1 Å². The highest BCUT2D eigenvalue weighted by Gasteiger charge is 2.41. The molecule has 0 heterocycles. The zero-order valence-electron chi connectivity index (χ0n) is 10.2. The molecule has 0 aromatic carbocycles. The minimum absolute atomic E-state index is 0.0252. The van der Waals surface area contributed by atoms with E-state index in [0.29, 0.717) is 0 Å². The maximum absolute atomic E-state index is 12.4. The number of carbonyl (C=O) groups is 2. The standard InChI is InChI=1S/C11H17F3N2O3/c12-11(13,14)6-1-3-7(4-2-6)16-10(19)8(15)5-9(17)18/h6-8H,1-5,15H2,(H,16,19)(H,17,18). The van der Waals surface area contributed by atoms with Crippen molar-refractivity contribution in [2.24, 2.45) is 11.7 Å². The van der Waals surface area contributed by atoms with Crippen molar-refractivity contribution in [2.45, 2.75) is 50.4 Å². The monoisotopic (exact) mass is 282 g/mol. The van der Waals surface area contributed by atoms with Gasteiger partial charge in [0.1, 0.15) is 0 Å². The molecule has 0 saturated heterocycles. The first kappa shape index (κ1) is 15.7. The van der Waals surface area contributed by atoms with Gasteiger partial charge in [-0.05, 0) is 25.7 Å². The fraction of sp³-hybridized carbons (Fsp3) is 0.818. The molecule has 1 rings (SSSR count). The number of hydrogen-bond donors (Lipinski definition) is 3. The Morgan fingerprint density at radius 3 is 2.21 bits per heavy atom. The summed E-state index contributed by atoms with van der Waals surface area (Å²) in [5.41, 5.74) is 5.36. The first-order valence-electron chi connectivity index (χ1n) is 6.04. The molecule has 0 bridgehead atoms. The van der Waals surface area contributed by atoms with Gasteiger partial charge in [-0.15, -0.1) is 0 Å². The van der Waals surface area contributed by atoms with Gasteiger partial charge in [0.15, 0.2) is 0 Å². The lowest BCUT2D eigenvalue weighted by Gasteiger charge is -2.30. The quantitative estimate of drug-likeness (QED) is 0.718. The lowest BCUT2D eigenvalue weighted by atomic mass is 9.85. The Morgan fingerprint density at radius 2 is 1.79 bits per heavy atom. The van der Waals surface area contributed by atoms with Crippen molar-refractivity contribution in [1.29, 1.82) is 0 Å². The van der Waals surface area contributed by atoms with Crippen LogP contribution in [0.1, 0.15) is 32.1 Å². The number of amides is 1. The Labute approximate surface area is 108 Å². The van der Waals surface area contributed by atoms with Gasteiger partial charge < -0.3 is 16.2 Å². The van der Waals surface area contributed by atoms with Crippen LogP contribution in [0.15, 0.2) is 0 Å². The summed E-state index contributed by atoms with van der Waals surface area (Å²) >= 11 is 0. The van der Waals surface area contributed by atoms with Gasteiger partial charge in [-0.1, -0.05) is 0 Å². The average Bonchev–Trinajstić information content (AvgIpc) is 2.27. The van der Waals surface area contributed by atoms with Gasteiger partial charge >= 0.3 is 12.1 Å². The summed E-state index contributed by atoms with van der Waals surface area (Å²) in [6.45, 7) is 0. The second kappa shape index (κ2) is 6.23. The summed E-state index contributed by atoms with van der Waals surface area (Å²) in [6, 6.07) is -1.52. The van der Waals surface area contributed by atoms with E-state index in [2.05, 4.69) is 5.32 Å². The van der Waals surface area contributed by atoms with Crippen LogP contribution in [0.25, 0.3) is 0 Å². The Morgan fingerprint density at radius 1 is 1.26 bits per heavy atom. The van der Waals surface area contributed by atoms with Crippen molar-refractivity contribution in [2.75, 3.05) is 0 Å². The van der Waals surface area contributed by atoms with E-state index >= 15 is 0 Å². The zero-order chi connectivity index (χ0) is 14.6. The maximum Gasteiger partial charge on any atom is 0.391 e. The highest BCUT2D eigenvalue weighted by atomic mass is 19.4. The highest BCUT2D eigenvalue weighted by Crippen LogP contribution is 2.37. The Kier molecular flexibility index (Phi) is 5.16. The minimum Gasteiger partial charge on any atom is -0.481 e. The lowest BCUT2D eigenvalue weighted by molar-refractivity contribution is -0.182. The third-order valence-electron chi connectivity index (χ3n) is 3.27. The van der Waals surface area contributed by atoms with Crippen molar-refractivity contribution in [3.05, 3.63) is 0 Å². The van der Waals surface area contributed by atoms with E-state index in [-0.39, 0.29) is 31.7 Å². The molecule has 0 radical (unpaired) electrons. The van der Waals surface area contributed by atoms with E-state index in [0.717, 1.165) is 0 Å². The smallest absolute Gasteiger partial charge is 0.391 e. The average molecular weight is 282 g/mol. The van der Waals surface area contributed by atoms with Crippen molar-refractivity contribution < 1.29 is 27.9 Å². The molecule has 0 aromatic heterocycles. The molecule has 1 fully saturated rings. The van der Waals surface area contributed by atoms with Gasteiger partial charge in [-0.25, -0.2) is 0 Å². The molecule has 1 aliphatic rings. The number of aliphatic carboxylic acids is 1. The van der Waals surface area contributed by atoms with Crippen molar-refractivity contribution >= 4 is 11.9 Å². The van der Waals surface area contributed by atoms with Gasteiger partial charge in [-0.2, -0.15) is 13.2 Å². The molecular weight excluding hydrogens is 265 g/mol. The van der Waals surface area contributed by atoms with E-state index in [9.17, 15) is 22.8 Å². The van der Waals surface area contributed by atoms with Crippen molar-refractivity contribution in [3.8, 4) is 0 Å². The third kappa shape index (κ3) is 5.06. The van der Waals surface area contributed by atoms with E-state index < -0.39 is 36.4 Å². The Bertz CT molecular complexity index is 339. The molecule has 1 atom stereocenters. The molecule has 8 heteroatoms. The number of carboxylic acids is 1.